The molecule has 0 bridgehead atoms. The first kappa shape index (κ1) is 20.6. The van der Waals surface area contributed by atoms with Crippen LogP contribution in [-0.4, -0.2) is 38.0 Å². The quantitative estimate of drug-likeness (QED) is 0.620. The molecule has 24 heavy (non-hydrogen) atoms. The van der Waals surface area contributed by atoms with Gasteiger partial charge in [0.15, 0.2) is 13.6 Å². The second-order valence-electron chi connectivity index (χ2n) is 4.28. The van der Waals surface area contributed by atoms with E-state index in [-0.39, 0.29) is 25.1 Å². The Morgan fingerprint density at radius 1 is 0.750 bits per heavy atom. The zero-order valence-electron chi connectivity index (χ0n) is 13.2. The molecule has 0 fully saturated rings. The summed E-state index contributed by atoms with van der Waals surface area (Å²) in [6.07, 6.45) is 0. The monoisotopic (exact) mass is 464 g/mol. The SMILES string of the molecule is COCOc1cccc(OCOC)c1Br.Oc1cccc(O)c1Br. The van der Waals surface area contributed by atoms with E-state index in [1.165, 1.54) is 12.1 Å². The molecular weight excluding hydrogens is 448 g/mol. The summed E-state index contributed by atoms with van der Waals surface area (Å²) < 4.78 is 21.3. The van der Waals surface area contributed by atoms with Gasteiger partial charge in [0.2, 0.25) is 0 Å². The third kappa shape index (κ3) is 6.56. The summed E-state index contributed by atoms with van der Waals surface area (Å²) >= 11 is 6.36. The van der Waals surface area contributed by atoms with Gasteiger partial charge in [-0.1, -0.05) is 12.1 Å². The third-order valence-electron chi connectivity index (χ3n) is 2.55. The molecule has 0 aromatic heterocycles. The number of ether oxygens (including phenoxy) is 4. The summed E-state index contributed by atoms with van der Waals surface area (Å²) in [7, 11) is 3.14. The van der Waals surface area contributed by atoms with Crippen molar-refractivity contribution in [2.24, 2.45) is 0 Å². The number of halogens is 2. The van der Waals surface area contributed by atoms with Gasteiger partial charge in [0.1, 0.15) is 31.9 Å². The van der Waals surface area contributed by atoms with Gasteiger partial charge in [0, 0.05) is 14.2 Å². The Labute approximate surface area is 157 Å². The van der Waals surface area contributed by atoms with Crippen molar-refractivity contribution in [3.8, 4) is 23.0 Å². The summed E-state index contributed by atoms with van der Waals surface area (Å²) in [5.74, 6) is 1.45. The van der Waals surface area contributed by atoms with Crippen LogP contribution >= 0.6 is 31.9 Å². The minimum absolute atomic E-state index is 0.0509. The van der Waals surface area contributed by atoms with Crippen molar-refractivity contribution in [2.75, 3.05) is 27.8 Å². The minimum Gasteiger partial charge on any atom is -0.507 e. The summed E-state index contributed by atoms with van der Waals surface area (Å²) in [5, 5.41) is 17.8. The zero-order chi connectivity index (χ0) is 17.9. The fourth-order valence-corrected chi connectivity index (χ4v) is 2.22. The highest BCUT2D eigenvalue weighted by Gasteiger charge is 2.07. The maximum Gasteiger partial charge on any atom is 0.188 e. The Balaban J connectivity index is 0.000000272. The van der Waals surface area contributed by atoms with Crippen LogP contribution in [0, 0.1) is 0 Å². The Hall–Kier alpha value is -1.48. The summed E-state index contributed by atoms with van der Waals surface area (Å²) in [5.41, 5.74) is 0. The molecule has 132 valence electrons. The number of phenols is 2. The van der Waals surface area contributed by atoms with Crippen LogP contribution in [0.1, 0.15) is 0 Å². The minimum atomic E-state index is 0.0509. The topological polar surface area (TPSA) is 77.4 Å². The van der Waals surface area contributed by atoms with Gasteiger partial charge >= 0.3 is 0 Å². The Bertz CT molecular complexity index is 589. The van der Waals surface area contributed by atoms with E-state index in [0.717, 1.165) is 4.47 Å². The van der Waals surface area contributed by atoms with Crippen LogP contribution in [0.3, 0.4) is 0 Å². The van der Waals surface area contributed by atoms with Gasteiger partial charge in [-0.05, 0) is 56.1 Å². The van der Waals surface area contributed by atoms with Gasteiger partial charge in [0.05, 0.1) is 0 Å². The molecule has 8 heteroatoms. The molecular formula is C16H18Br2O6. The smallest absolute Gasteiger partial charge is 0.188 e. The molecule has 0 aliphatic carbocycles. The number of phenolic OH excluding ortho intramolecular Hbond substituents is 2. The van der Waals surface area contributed by atoms with Gasteiger partial charge in [-0.2, -0.15) is 0 Å². The summed E-state index contributed by atoms with van der Waals surface area (Å²) in [6, 6.07) is 10.0. The molecule has 0 radical (unpaired) electrons. The van der Waals surface area contributed by atoms with Gasteiger partial charge in [-0.25, -0.2) is 0 Å². The van der Waals surface area contributed by atoms with Crippen LogP contribution in [0.15, 0.2) is 45.3 Å². The second kappa shape index (κ2) is 11.1. The van der Waals surface area contributed by atoms with Crippen molar-refractivity contribution in [3.05, 3.63) is 45.3 Å². The molecule has 0 spiro atoms. The Morgan fingerprint density at radius 3 is 1.54 bits per heavy atom. The van der Waals surface area contributed by atoms with Crippen LogP contribution in [0.2, 0.25) is 0 Å². The van der Waals surface area contributed by atoms with E-state index < -0.39 is 0 Å². The van der Waals surface area contributed by atoms with E-state index in [2.05, 4.69) is 31.9 Å². The van der Waals surface area contributed by atoms with E-state index in [9.17, 15) is 0 Å². The standard InChI is InChI=1S/C10H13BrO4.C6H5BrO2/c1-12-6-14-8-4-3-5-9(10(8)11)15-7-13-2;7-6-4(8)2-1-3-5(6)9/h3-5H,6-7H2,1-2H3;1-3,8-9H. The van der Waals surface area contributed by atoms with E-state index in [4.69, 9.17) is 29.2 Å². The lowest BCUT2D eigenvalue weighted by Gasteiger charge is -2.11. The van der Waals surface area contributed by atoms with Crippen LogP contribution < -0.4 is 9.47 Å². The fraction of sp³-hybridized carbons (Fsp3) is 0.250. The van der Waals surface area contributed by atoms with Gasteiger partial charge < -0.3 is 29.2 Å². The van der Waals surface area contributed by atoms with Crippen LogP contribution in [0.25, 0.3) is 0 Å². The molecule has 6 nitrogen and oxygen atoms in total. The highest BCUT2D eigenvalue weighted by Crippen LogP contribution is 2.34. The molecule has 0 heterocycles. The number of hydrogen-bond acceptors (Lipinski definition) is 6. The molecule has 2 N–H and O–H groups in total. The molecule has 0 unspecified atom stereocenters. The highest BCUT2D eigenvalue weighted by atomic mass is 79.9. The van der Waals surface area contributed by atoms with Crippen molar-refractivity contribution in [2.45, 2.75) is 0 Å². The molecule has 2 aromatic carbocycles. The van der Waals surface area contributed by atoms with E-state index in [1.54, 1.807) is 20.3 Å². The van der Waals surface area contributed by atoms with Gasteiger partial charge in [0.25, 0.3) is 0 Å². The molecule has 0 atom stereocenters. The number of aromatic hydroxyl groups is 2. The predicted octanol–water partition coefficient (Wildman–Crippen LogP) is 4.27. The molecule has 0 aliphatic heterocycles. The molecule has 2 rings (SSSR count). The first-order valence-electron chi connectivity index (χ1n) is 6.69. The first-order valence-corrected chi connectivity index (χ1v) is 8.28. The molecule has 0 amide bonds. The fourth-order valence-electron chi connectivity index (χ4n) is 1.47. The van der Waals surface area contributed by atoms with E-state index in [1.807, 2.05) is 18.2 Å². The van der Waals surface area contributed by atoms with Crippen molar-refractivity contribution in [1.29, 1.82) is 0 Å². The van der Waals surface area contributed by atoms with E-state index in [0.29, 0.717) is 16.0 Å². The average Bonchev–Trinajstić information content (AvgIpc) is 2.58. The first-order chi connectivity index (χ1) is 11.5. The maximum absolute atomic E-state index is 8.89. The van der Waals surface area contributed by atoms with Crippen molar-refractivity contribution in [1.82, 2.24) is 0 Å². The lowest BCUT2D eigenvalue weighted by molar-refractivity contribution is 0.0450. The Kier molecular flexibility index (Phi) is 9.55. The van der Waals surface area contributed by atoms with Gasteiger partial charge in [-0.3, -0.25) is 0 Å². The largest absolute Gasteiger partial charge is 0.507 e. The number of rotatable bonds is 6. The lowest BCUT2D eigenvalue weighted by Crippen LogP contribution is -2.02. The normalized spacial score (nSPS) is 9.83. The lowest BCUT2D eigenvalue weighted by atomic mass is 10.3. The van der Waals surface area contributed by atoms with Crippen LogP contribution in [-0.2, 0) is 9.47 Å². The number of hydrogen-bond donors (Lipinski definition) is 2. The molecule has 0 saturated carbocycles. The van der Waals surface area contributed by atoms with Crippen LogP contribution in [0.5, 0.6) is 23.0 Å². The molecule has 2 aromatic rings. The number of benzene rings is 2. The summed E-state index contributed by atoms with van der Waals surface area (Å²) in [6.45, 7) is 0.401. The van der Waals surface area contributed by atoms with Crippen LogP contribution in [0.4, 0.5) is 0 Å². The third-order valence-corrected chi connectivity index (χ3v) is 4.14. The van der Waals surface area contributed by atoms with E-state index >= 15 is 0 Å². The second-order valence-corrected chi connectivity index (χ2v) is 5.87. The van der Waals surface area contributed by atoms with Crippen molar-refractivity contribution in [3.63, 3.8) is 0 Å². The zero-order valence-corrected chi connectivity index (χ0v) is 16.3. The highest BCUT2D eigenvalue weighted by molar-refractivity contribution is 9.11. The Morgan fingerprint density at radius 2 is 1.17 bits per heavy atom. The molecule has 0 saturated heterocycles. The maximum atomic E-state index is 8.89. The average molecular weight is 466 g/mol. The number of methoxy groups -OCH3 is 2. The van der Waals surface area contributed by atoms with Crippen molar-refractivity contribution < 1.29 is 29.2 Å². The molecule has 0 aliphatic rings. The van der Waals surface area contributed by atoms with Crippen molar-refractivity contribution >= 4 is 31.9 Å². The summed E-state index contributed by atoms with van der Waals surface area (Å²) in [4.78, 5) is 0. The predicted molar refractivity (Wildman–Crippen MR) is 96.6 cm³/mol. The van der Waals surface area contributed by atoms with Gasteiger partial charge in [-0.15, -0.1) is 0 Å².